The number of benzene rings is 1. The minimum absolute atomic E-state index is 0.156. The molecule has 0 radical (unpaired) electrons. The maximum absolute atomic E-state index is 11.3. The third-order valence-corrected chi connectivity index (χ3v) is 5.36. The Labute approximate surface area is 175 Å². The number of aryl methyl sites for hydroxylation is 2. The lowest BCUT2D eigenvalue weighted by atomic mass is 10.0. The van der Waals surface area contributed by atoms with Crippen LogP contribution in [0.25, 0.3) is 11.3 Å². The van der Waals surface area contributed by atoms with Crippen molar-refractivity contribution in [2.45, 2.75) is 84.1 Å². The second kappa shape index (κ2) is 13.2. The fraction of sp³-hybridized carbons (Fsp3) is 0.583. The van der Waals surface area contributed by atoms with E-state index in [0.717, 1.165) is 36.3 Å². The number of primary amides is 1. The van der Waals surface area contributed by atoms with Crippen molar-refractivity contribution in [2.75, 3.05) is 6.54 Å². The van der Waals surface area contributed by atoms with Crippen LogP contribution in [0.1, 0.15) is 76.1 Å². The molecular weight excluding hydrogens is 360 g/mol. The van der Waals surface area contributed by atoms with Crippen LogP contribution in [0, 0.1) is 0 Å². The largest absolute Gasteiger partial charge is 0.368 e. The van der Waals surface area contributed by atoms with Crippen LogP contribution in [0.15, 0.2) is 30.5 Å². The number of carbonyl (C=O) groups excluding carboxylic acids is 1. The Hall–Kier alpha value is -2.14. The summed E-state index contributed by atoms with van der Waals surface area (Å²) in [5.74, 6) is 0.510. The molecule has 0 saturated heterocycles. The van der Waals surface area contributed by atoms with E-state index >= 15 is 0 Å². The van der Waals surface area contributed by atoms with Crippen molar-refractivity contribution in [3.63, 3.8) is 0 Å². The summed E-state index contributed by atoms with van der Waals surface area (Å²) in [4.78, 5) is 16.1. The zero-order valence-corrected chi connectivity index (χ0v) is 18.0. The zero-order valence-electron chi connectivity index (χ0n) is 18.0. The molecule has 160 valence electrons. The fourth-order valence-electron chi connectivity index (χ4n) is 3.66. The van der Waals surface area contributed by atoms with Gasteiger partial charge in [-0.1, -0.05) is 76.1 Å². The third kappa shape index (κ3) is 8.40. The molecule has 1 amide bonds. The van der Waals surface area contributed by atoms with Gasteiger partial charge in [0, 0.05) is 18.2 Å². The monoisotopic (exact) mass is 398 g/mol. The number of imidazole rings is 1. The molecular formula is C24H38N4O. The minimum Gasteiger partial charge on any atom is -0.368 e. The Morgan fingerprint density at radius 2 is 1.59 bits per heavy atom. The Morgan fingerprint density at radius 3 is 2.21 bits per heavy atom. The molecule has 0 spiro atoms. The Kier molecular flexibility index (Phi) is 10.5. The number of nitrogens with zero attached hydrogens (tertiary/aromatic N) is 2. The molecule has 2 rings (SSSR count). The average Bonchev–Trinajstić information content (AvgIpc) is 3.10. The van der Waals surface area contributed by atoms with Gasteiger partial charge in [-0.3, -0.25) is 4.79 Å². The summed E-state index contributed by atoms with van der Waals surface area (Å²) in [6.07, 6.45) is 15.4. The first-order chi connectivity index (χ1) is 14.1. The van der Waals surface area contributed by atoms with Crippen molar-refractivity contribution in [3.05, 3.63) is 41.9 Å². The van der Waals surface area contributed by atoms with Gasteiger partial charge in [0.2, 0.25) is 5.91 Å². The van der Waals surface area contributed by atoms with E-state index in [-0.39, 0.29) is 12.5 Å². The number of carbonyl (C=O) groups is 1. The fourth-order valence-corrected chi connectivity index (χ4v) is 3.66. The first-order valence-electron chi connectivity index (χ1n) is 11.3. The summed E-state index contributed by atoms with van der Waals surface area (Å²) < 4.78 is 1.85. The summed E-state index contributed by atoms with van der Waals surface area (Å²) in [6, 6.07) is 8.65. The van der Waals surface area contributed by atoms with Crippen LogP contribution >= 0.6 is 0 Å². The van der Waals surface area contributed by atoms with Crippen molar-refractivity contribution < 1.29 is 4.79 Å². The van der Waals surface area contributed by atoms with Gasteiger partial charge in [-0.25, -0.2) is 4.98 Å². The van der Waals surface area contributed by atoms with Crippen LogP contribution < -0.4 is 11.5 Å². The van der Waals surface area contributed by atoms with Crippen LogP contribution in [0.3, 0.4) is 0 Å². The molecule has 2 aromatic rings. The molecule has 0 aliphatic rings. The van der Waals surface area contributed by atoms with Gasteiger partial charge in [-0.05, 0) is 31.4 Å². The first kappa shape index (κ1) is 23.1. The summed E-state index contributed by atoms with van der Waals surface area (Å²) in [5.41, 5.74) is 14.3. The maximum Gasteiger partial charge on any atom is 0.237 e. The molecule has 0 saturated carbocycles. The average molecular weight is 399 g/mol. The molecule has 1 aromatic heterocycles. The molecule has 1 heterocycles. The molecule has 0 unspecified atom stereocenters. The predicted molar refractivity (Wildman–Crippen MR) is 121 cm³/mol. The topological polar surface area (TPSA) is 86.9 Å². The Balaban J connectivity index is 1.86. The van der Waals surface area contributed by atoms with Gasteiger partial charge in [0.05, 0.1) is 5.69 Å². The highest BCUT2D eigenvalue weighted by Crippen LogP contribution is 2.21. The molecule has 1 aromatic carbocycles. The predicted octanol–water partition coefficient (Wildman–Crippen LogP) is 4.61. The van der Waals surface area contributed by atoms with Gasteiger partial charge >= 0.3 is 0 Å². The van der Waals surface area contributed by atoms with E-state index in [9.17, 15) is 4.79 Å². The summed E-state index contributed by atoms with van der Waals surface area (Å²) in [6.45, 7) is 3.02. The van der Waals surface area contributed by atoms with Crippen LogP contribution in [-0.2, 0) is 24.2 Å². The number of hydrogen-bond donors (Lipinski definition) is 2. The SMILES string of the molecule is CCCCCCCCCCc1ccc(-c2cn(CC(N)=O)c(CCCN)n2)cc1. The lowest BCUT2D eigenvalue weighted by molar-refractivity contribution is -0.118. The molecule has 29 heavy (non-hydrogen) atoms. The van der Waals surface area contributed by atoms with Crippen molar-refractivity contribution in [1.82, 2.24) is 9.55 Å². The van der Waals surface area contributed by atoms with E-state index in [0.29, 0.717) is 6.54 Å². The number of hydrogen-bond acceptors (Lipinski definition) is 3. The molecule has 5 nitrogen and oxygen atoms in total. The van der Waals surface area contributed by atoms with Gasteiger partial charge < -0.3 is 16.0 Å². The van der Waals surface area contributed by atoms with Crippen LogP contribution in [0.5, 0.6) is 0 Å². The number of aromatic nitrogens is 2. The Bertz CT molecular complexity index is 721. The van der Waals surface area contributed by atoms with E-state index in [1.54, 1.807) is 0 Å². The molecule has 0 aliphatic carbocycles. The third-order valence-electron chi connectivity index (χ3n) is 5.36. The van der Waals surface area contributed by atoms with E-state index in [2.05, 4.69) is 31.2 Å². The first-order valence-corrected chi connectivity index (χ1v) is 11.3. The van der Waals surface area contributed by atoms with Gasteiger partial charge in [-0.2, -0.15) is 0 Å². The van der Waals surface area contributed by atoms with E-state index in [1.165, 1.54) is 56.9 Å². The highest BCUT2D eigenvalue weighted by Gasteiger charge is 2.11. The van der Waals surface area contributed by atoms with E-state index < -0.39 is 0 Å². The minimum atomic E-state index is -0.358. The van der Waals surface area contributed by atoms with Crippen molar-refractivity contribution >= 4 is 5.91 Å². The van der Waals surface area contributed by atoms with Crippen molar-refractivity contribution in [3.8, 4) is 11.3 Å². The lowest BCUT2D eigenvalue weighted by Gasteiger charge is -2.04. The molecule has 0 bridgehead atoms. The Morgan fingerprint density at radius 1 is 0.931 bits per heavy atom. The highest BCUT2D eigenvalue weighted by atomic mass is 16.1. The van der Waals surface area contributed by atoms with Gasteiger partial charge in [0.15, 0.2) is 0 Å². The molecule has 5 heteroatoms. The normalized spacial score (nSPS) is 11.1. The number of rotatable bonds is 15. The molecule has 0 aliphatic heterocycles. The summed E-state index contributed by atoms with van der Waals surface area (Å²) in [7, 11) is 0. The smallest absolute Gasteiger partial charge is 0.237 e. The summed E-state index contributed by atoms with van der Waals surface area (Å²) >= 11 is 0. The van der Waals surface area contributed by atoms with E-state index in [4.69, 9.17) is 16.5 Å². The van der Waals surface area contributed by atoms with Crippen LogP contribution in [-0.4, -0.2) is 22.0 Å². The number of unbranched alkanes of at least 4 members (excludes halogenated alkanes) is 7. The quantitative estimate of drug-likeness (QED) is 0.429. The number of amides is 1. The van der Waals surface area contributed by atoms with Gasteiger partial charge in [-0.15, -0.1) is 0 Å². The summed E-state index contributed by atoms with van der Waals surface area (Å²) in [5, 5.41) is 0. The van der Waals surface area contributed by atoms with Crippen LogP contribution in [0.4, 0.5) is 0 Å². The second-order valence-electron chi connectivity index (χ2n) is 7.95. The molecule has 0 atom stereocenters. The van der Waals surface area contributed by atoms with Crippen molar-refractivity contribution in [2.24, 2.45) is 11.5 Å². The van der Waals surface area contributed by atoms with Gasteiger partial charge in [0.25, 0.3) is 0 Å². The van der Waals surface area contributed by atoms with Gasteiger partial charge in [0.1, 0.15) is 12.4 Å². The lowest BCUT2D eigenvalue weighted by Crippen LogP contribution is -2.20. The van der Waals surface area contributed by atoms with Crippen molar-refractivity contribution in [1.29, 1.82) is 0 Å². The standard InChI is InChI=1S/C24H38N4O/c1-2-3-4-5-6-7-8-9-11-20-13-15-21(16-14-20)22-18-28(19-23(26)29)24(27-22)12-10-17-25/h13-16,18H,2-12,17,19,25H2,1H3,(H2,26,29). The molecule has 0 fully saturated rings. The maximum atomic E-state index is 11.3. The zero-order chi connectivity index (χ0) is 20.9. The van der Waals surface area contributed by atoms with E-state index in [1.807, 2.05) is 10.8 Å². The highest BCUT2D eigenvalue weighted by molar-refractivity contribution is 5.74. The van der Waals surface area contributed by atoms with Crippen LogP contribution in [0.2, 0.25) is 0 Å². The second-order valence-corrected chi connectivity index (χ2v) is 7.95. The molecule has 4 N–H and O–H groups in total. The number of nitrogens with two attached hydrogens (primary N) is 2.